The molecule has 0 unspecified atom stereocenters. The maximum Gasteiger partial charge on any atom is 0.253 e. The Morgan fingerprint density at radius 2 is 1.65 bits per heavy atom. The maximum atomic E-state index is 12.3. The lowest BCUT2D eigenvalue weighted by Gasteiger charge is -2.18. The minimum absolute atomic E-state index is 0.0130. The zero-order chi connectivity index (χ0) is 18.9. The molecule has 0 heterocycles. The van der Waals surface area contributed by atoms with Gasteiger partial charge in [0.05, 0.1) is 6.54 Å². The highest BCUT2D eigenvalue weighted by atomic mass is 35.5. The Hall–Kier alpha value is -2.53. The van der Waals surface area contributed by atoms with Crippen LogP contribution in [0.2, 0.25) is 5.02 Å². The molecule has 26 heavy (non-hydrogen) atoms. The molecule has 0 aromatic heterocycles. The van der Waals surface area contributed by atoms with E-state index in [1.807, 2.05) is 32.0 Å². The van der Waals surface area contributed by atoms with Crippen molar-refractivity contribution >= 4 is 29.1 Å². The van der Waals surface area contributed by atoms with Crippen molar-refractivity contribution in [2.24, 2.45) is 0 Å². The van der Waals surface area contributed by atoms with Gasteiger partial charge in [-0.2, -0.15) is 0 Å². The van der Waals surface area contributed by atoms with Crippen molar-refractivity contribution in [3.05, 3.63) is 64.7 Å². The van der Waals surface area contributed by atoms with Gasteiger partial charge in [0.1, 0.15) is 0 Å². The van der Waals surface area contributed by atoms with Crippen LogP contribution in [-0.2, 0) is 11.3 Å². The molecule has 0 aliphatic rings. The Bertz CT molecular complexity index is 743. The van der Waals surface area contributed by atoms with Crippen LogP contribution >= 0.6 is 11.6 Å². The summed E-state index contributed by atoms with van der Waals surface area (Å²) in [5.41, 5.74) is 2.30. The molecular weight excluding hydrogens is 350 g/mol. The van der Waals surface area contributed by atoms with Crippen molar-refractivity contribution in [2.75, 3.05) is 25.0 Å². The van der Waals surface area contributed by atoms with E-state index in [9.17, 15) is 9.59 Å². The van der Waals surface area contributed by atoms with Crippen molar-refractivity contribution in [1.82, 2.24) is 10.2 Å². The van der Waals surface area contributed by atoms with Crippen LogP contribution in [0.15, 0.2) is 48.5 Å². The topological polar surface area (TPSA) is 61.4 Å². The second-order valence-electron chi connectivity index (χ2n) is 5.78. The minimum Gasteiger partial charge on any atom is -0.376 e. The van der Waals surface area contributed by atoms with E-state index < -0.39 is 0 Å². The monoisotopic (exact) mass is 373 g/mol. The van der Waals surface area contributed by atoms with Crippen LogP contribution < -0.4 is 10.6 Å². The van der Waals surface area contributed by atoms with Gasteiger partial charge in [0, 0.05) is 35.9 Å². The minimum atomic E-state index is -0.131. The zero-order valence-corrected chi connectivity index (χ0v) is 15.8. The van der Waals surface area contributed by atoms with Gasteiger partial charge in [0.15, 0.2) is 0 Å². The van der Waals surface area contributed by atoms with Crippen molar-refractivity contribution in [3.63, 3.8) is 0 Å². The number of benzene rings is 2. The van der Waals surface area contributed by atoms with Gasteiger partial charge in [-0.05, 0) is 49.7 Å². The smallest absolute Gasteiger partial charge is 0.253 e. The molecule has 0 aliphatic heterocycles. The molecule has 5 nitrogen and oxygen atoms in total. The van der Waals surface area contributed by atoms with Gasteiger partial charge in [-0.3, -0.25) is 9.59 Å². The molecule has 0 atom stereocenters. The normalized spacial score (nSPS) is 10.3. The molecule has 2 aromatic carbocycles. The first kappa shape index (κ1) is 19.8. The van der Waals surface area contributed by atoms with E-state index in [0.717, 1.165) is 11.3 Å². The van der Waals surface area contributed by atoms with Gasteiger partial charge in [-0.15, -0.1) is 0 Å². The Morgan fingerprint density at radius 3 is 2.27 bits per heavy atom. The lowest BCUT2D eigenvalue weighted by molar-refractivity contribution is -0.119. The number of carbonyl (C=O) groups is 2. The van der Waals surface area contributed by atoms with Crippen LogP contribution in [0, 0.1) is 0 Å². The average molecular weight is 374 g/mol. The second-order valence-corrected chi connectivity index (χ2v) is 6.18. The van der Waals surface area contributed by atoms with E-state index in [0.29, 0.717) is 30.2 Å². The lowest BCUT2D eigenvalue weighted by Crippen LogP contribution is -2.30. The summed E-state index contributed by atoms with van der Waals surface area (Å²) < 4.78 is 0. The third-order valence-corrected chi connectivity index (χ3v) is 4.44. The molecule has 6 heteroatoms. The van der Waals surface area contributed by atoms with Crippen LogP contribution in [0.3, 0.4) is 0 Å². The summed E-state index contributed by atoms with van der Waals surface area (Å²) in [6, 6.07) is 14.5. The quantitative estimate of drug-likeness (QED) is 0.743. The van der Waals surface area contributed by atoms with Crippen LogP contribution in [0.1, 0.15) is 29.8 Å². The molecule has 0 bridgehead atoms. The highest BCUT2D eigenvalue weighted by molar-refractivity contribution is 6.31. The van der Waals surface area contributed by atoms with Crippen molar-refractivity contribution < 1.29 is 9.59 Å². The first-order chi connectivity index (χ1) is 12.5. The number of hydrogen-bond acceptors (Lipinski definition) is 3. The molecule has 138 valence electrons. The van der Waals surface area contributed by atoms with E-state index in [4.69, 9.17) is 11.6 Å². The van der Waals surface area contributed by atoms with E-state index in [2.05, 4.69) is 10.6 Å². The molecule has 0 fully saturated rings. The molecule has 0 aliphatic carbocycles. The number of nitrogens with one attached hydrogen (secondary N) is 2. The van der Waals surface area contributed by atoms with Crippen molar-refractivity contribution in [1.29, 1.82) is 0 Å². The van der Waals surface area contributed by atoms with E-state index in [-0.39, 0.29) is 18.4 Å². The molecule has 0 spiro atoms. The number of anilines is 1. The highest BCUT2D eigenvalue weighted by Gasteiger charge is 2.12. The number of halogens is 1. The fraction of sp³-hybridized carbons (Fsp3) is 0.300. The molecule has 2 N–H and O–H groups in total. The molecule has 0 radical (unpaired) electrons. The molecule has 0 saturated heterocycles. The van der Waals surface area contributed by atoms with Gasteiger partial charge in [-0.1, -0.05) is 29.8 Å². The zero-order valence-electron chi connectivity index (χ0n) is 15.1. The SMILES string of the molecule is CCN(CC)C(=O)c1ccc(NCC(=O)NCc2ccccc2Cl)cc1. The average Bonchev–Trinajstić information content (AvgIpc) is 2.67. The standard InChI is InChI=1S/C20H24ClN3O2/c1-3-24(4-2)20(26)15-9-11-17(12-10-15)22-14-19(25)23-13-16-7-5-6-8-18(16)21/h5-12,22H,3-4,13-14H2,1-2H3,(H,23,25). The van der Waals surface area contributed by atoms with E-state index in [1.54, 1.807) is 35.2 Å². The largest absolute Gasteiger partial charge is 0.376 e. The third-order valence-electron chi connectivity index (χ3n) is 4.07. The van der Waals surface area contributed by atoms with Gasteiger partial charge >= 0.3 is 0 Å². The summed E-state index contributed by atoms with van der Waals surface area (Å²) in [5.74, 6) is -0.118. The maximum absolute atomic E-state index is 12.3. The van der Waals surface area contributed by atoms with Gasteiger partial charge in [0.25, 0.3) is 5.91 Å². The Morgan fingerprint density at radius 1 is 1.00 bits per heavy atom. The number of nitrogens with zero attached hydrogens (tertiary/aromatic N) is 1. The van der Waals surface area contributed by atoms with Gasteiger partial charge in [0.2, 0.25) is 5.91 Å². The lowest BCUT2D eigenvalue weighted by atomic mass is 10.1. The van der Waals surface area contributed by atoms with Crippen LogP contribution in [-0.4, -0.2) is 36.3 Å². The van der Waals surface area contributed by atoms with Crippen LogP contribution in [0.5, 0.6) is 0 Å². The van der Waals surface area contributed by atoms with E-state index >= 15 is 0 Å². The third kappa shape index (κ3) is 5.49. The molecular formula is C20H24ClN3O2. The van der Waals surface area contributed by atoms with Gasteiger partial charge in [-0.25, -0.2) is 0 Å². The molecule has 2 amide bonds. The molecule has 0 saturated carbocycles. The van der Waals surface area contributed by atoms with E-state index in [1.165, 1.54) is 0 Å². The van der Waals surface area contributed by atoms with Crippen LogP contribution in [0.4, 0.5) is 5.69 Å². The van der Waals surface area contributed by atoms with Crippen molar-refractivity contribution in [2.45, 2.75) is 20.4 Å². The summed E-state index contributed by atoms with van der Waals surface area (Å²) in [7, 11) is 0. The van der Waals surface area contributed by atoms with Crippen LogP contribution in [0.25, 0.3) is 0 Å². The van der Waals surface area contributed by atoms with Crippen molar-refractivity contribution in [3.8, 4) is 0 Å². The summed E-state index contributed by atoms with van der Waals surface area (Å²) in [4.78, 5) is 26.0. The van der Waals surface area contributed by atoms with Gasteiger partial charge < -0.3 is 15.5 Å². The predicted molar refractivity (Wildman–Crippen MR) is 105 cm³/mol. The summed E-state index contributed by atoms with van der Waals surface area (Å²) in [6.45, 7) is 5.81. The molecule has 2 aromatic rings. The first-order valence-electron chi connectivity index (χ1n) is 8.68. The summed E-state index contributed by atoms with van der Waals surface area (Å²) in [5, 5.41) is 6.51. The number of amides is 2. The second kappa shape index (κ2) is 9.82. The first-order valence-corrected chi connectivity index (χ1v) is 9.06. The fourth-order valence-electron chi connectivity index (χ4n) is 2.50. The predicted octanol–water partition coefficient (Wildman–Crippen LogP) is 3.55. The summed E-state index contributed by atoms with van der Waals surface area (Å²) >= 11 is 6.07. The Kier molecular flexibility index (Phi) is 7.48. The Balaban J connectivity index is 1.83. The highest BCUT2D eigenvalue weighted by Crippen LogP contribution is 2.14. The summed E-state index contributed by atoms with van der Waals surface area (Å²) in [6.07, 6.45) is 0. The Labute approximate surface area is 159 Å². The number of hydrogen-bond donors (Lipinski definition) is 2. The molecule has 2 rings (SSSR count). The number of rotatable bonds is 8. The fourth-order valence-corrected chi connectivity index (χ4v) is 2.71. The number of carbonyl (C=O) groups excluding carboxylic acids is 2.